The van der Waals surface area contributed by atoms with Crippen LogP contribution in [0.25, 0.3) is 0 Å². The molecular weight excluding hydrogens is 1280 g/mol. The third-order valence-electron chi connectivity index (χ3n) is 18.3. The van der Waals surface area contributed by atoms with Crippen molar-refractivity contribution in [3.63, 3.8) is 0 Å². The Morgan fingerprint density at radius 3 is 1.52 bits per heavy atom. The Bertz CT molecular complexity index is 3760. The first-order valence-corrected chi connectivity index (χ1v) is 38.2. The summed E-state index contributed by atoms with van der Waals surface area (Å²) >= 11 is 11.5. The van der Waals surface area contributed by atoms with Gasteiger partial charge in [0.05, 0.1) is 53.4 Å². The minimum atomic E-state index is -3.20. The molecule has 14 rings (SSSR count). The minimum absolute atomic E-state index is 0.0693. The zero-order chi connectivity index (χ0) is 64.0. The van der Waals surface area contributed by atoms with Gasteiger partial charge < -0.3 is 14.7 Å². The molecule has 0 spiro atoms. The summed E-state index contributed by atoms with van der Waals surface area (Å²) < 4.78 is 52.1. The highest BCUT2D eigenvalue weighted by Crippen LogP contribution is 2.47. The van der Waals surface area contributed by atoms with Gasteiger partial charge in [0.25, 0.3) is 11.8 Å². The van der Waals surface area contributed by atoms with Gasteiger partial charge in [0.1, 0.15) is 22.0 Å². The van der Waals surface area contributed by atoms with Gasteiger partial charge >= 0.3 is 0 Å². The van der Waals surface area contributed by atoms with Crippen LogP contribution in [0.15, 0.2) is 85.1 Å². The highest BCUT2D eigenvalue weighted by Gasteiger charge is 2.47. The fourth-order valence-electron chi connectivity index (χ4n) is 11.5. The number of sulfonamides is 1. The lowest BCUT2D eigenvalue weighted by molar-refractivity contribution is -0.136. The molecule has 7 aromatic rings. The molecule has 0 N–H and O–H groups in total. The van der Waals surface area contributed by atoms with Crippen LogP contribution in [-0.4, -0.2) is 119 Å². The first-order chi connectivity index (χ1) is 39.7. The number of carbonyl (C=O) groups excluding carboxylic acids is 3. The van der Waals surface area contributed by atoms with Crippen LogP contribution in [0.4, 0.5) is 5.69 Å². The van der Waals surface area contributed by atoms with Crippen molar-refractivity contribution in [2.75, 3.05) is 60.2 Å². The van der Waals surface area contributed by atoms with Crippen LogP contribution in [0, 0.1) is 0 Å². The summed E-state index contributed by atoms with van der Waals surface area (Å²) in [5.74, 6) is 0.533. The monoisotopic (exact) mass is 1360 g/mol. The first-order valence-electron chi connectivity index (χ1n) is 28.0. The van der Waals surface area contributed by atoms with Crippen molar-refractivity contribution in [1.82, 2.24) is 28.2 Å². The maximum absolute atomic E-state index is 11.8. The van der Waals surface area contributed by atoms with Crippen LogP contribution in [0.3, 0.4) is 0 Å². The normalized spacial score (nSPS) is 22.9. The molecule has 24 heteroatoms. The summed E-state index contributed by atoms with van der Waals surface area (Å²) in [6.07, 6.45) is 0. The number of carbonyl (C=O) groups is 3. The third-order valence-corrected chi connectivity index (χ3v) is 29.4. The number of likely N-dealkylation sites (N-methyl/N-ethyl adjacent to an activating group) is 2. The van der Waals surface area contributed by atoms with Crippen LogP contribution in [-0.2, 0) is 87.6 Å². The number of thiophene rings is 7. The van der Waals surface area contributed by atoms with Gasteiger partial charge in [0, 0.05) is 122 Å². The van der Waals surface area contributed by atoms with Crippen LogP contribution in [0.1, 0.15) is 168 Å². The molecule has 0 bridgehead atoms. The van der Waals surface area contributed by atoms with Gasteiger partial charge in [-0.3, -0.25) is 23.6 Å². The van der Waals surface area contributed by atoms with Crippen LogP contribution in [0.2, 0.25) is 0 Å². The number of anilines is 1. The summed E-state index contributed by atoms with van der Waals surface area (Å²) in [5.41, 5.74) is 13.6. The molecule has 7 aliphatic heterocycles. The molecule has 14 nitrogen and oxygen atoms in total. The maximum atomic E-state index is 11.8. The van der Waals surface area contributed by atoms with Crippen molar-refractivity contribution < 1.29 is 31.2 Å². The number of nitrogens with zero attached hydrogens (tertiary/aromatic N) is 7. The Morgan fingerprint density at radius 2 is 0.953 bits per heavy atom. The van der Waals surface area contributed by atoms with Crippen LogP contribution >= 0.6 is 79.4 Å². The van der Waals surface area contributed by atoms with E-state index >= 15 is 0 Å². The number of amides is 3. The van der Waals surface area contributed by atoms with Gasteiger partial charge in [-0.2, -0.15) is 72.3 Å². The van der Waals surface area contributed by atoms with E-state index in [1.54, 1.807) is 83.8 Å². The molecule has 3 amide bonds. The highest BCUT2D eigenvalue weighted by molar-refractivity contribution is 7.89. The molecular formula is C62H83N7O7S10. The van der Waals surface area contributed by atoms with Crippen molar-refractivity contribution in [2.45, 2.75) is 158 Å². The molecule has 0 fully saturated rings. The predicted molar refractivity (Wildman–Crippen MR) is 364 cm³/mol. The van der Waals surface area contributed by atoms with E-state index in [0.29, 0.717) is 4.90 Å². The van der Waals surface area contributed by atoms with Gasteiger partial charge in [-0.1, -0.05) is 13.8 Å². The van der Waals surface area contributed by atoms with E-state index in [1.165, 1.54) is 60.1 Å². The molecule has 0 radical (unpaired) electrons. The number of fused-ring (bicyclic) bond motifs is 7. The zero-order valence-corrected chi connectivity index (χ0v) is 61.4. The van der Waals surface area contributed by atoms with Crippen molar-refractivity contribution in [3.8, 4) is 0 Å². The summed E-state index contributed by atoms with van der Waals surface area (Å²) in [6.45, 7) is 31.9. The summed E-state index contributed by atoms with van der Waals surface area (Å²) in [4.78, 5) is 44.4. The van der Waals surface area contributed by atoms with Crippen LogP contribution < -0.4 is 4.31 Å². The number of rotatable bonds is 0. The molecule has 0 saturated carbocycles. The van der Waals surface area contributed by atoms with Gasteiger partial charge in [-0.25, -0.2) is 21.1 Å². The van der Waals surface area contributed by atoms with E-state index in [9.17, 15) is 31.2 Å². The zero-order valence-electron chi connectivity index (χ0n) is 53.3. The molecule has 14 heterocycles. The quantitative estimate of drug-likeness (QED) is 0.146. The Kier molecular flexibility index (Phi) is 19.4. The first kappa shape index (κ1) is 68.2. The minimum Gasteiger partial charge on any atom is -0.341 e. The molecule has 0 saturated heterocycles. The van der Waals surface area contributed by atoms with E-state index in [2.05, 4.69) is 116 Å². The largest absolute Gasteiger partial charge is 0.341 e. The summed E-state index contributed by atoms with van der Waals surface area (Å²) in [5, 5.41) is 28.7. The predicted octanol–water partition coefficient (Wildman–Crippen LogP) is 14.3. The van der Waals surface area contributed by atoms with Crippen molar-refractivity contribution in [3.05, 3.63) is 137 Å². The summed E-state index contributed by atoms with van der Waals surface area (Å²) in [7, 11) is 8.14. The average Bonchev–Trinajstić information content (AvgIpc) is 1.59. The molecule has 7 aliphatic rings. The molecule has 2 unspecified atom stereocenters. The lowest BCUT2D eigenvalue weighted by Crippen LogP contribution is -2.45. The van der Waals surface area contributed by atoms with Crippen molar-refractivity contribution in [1.29, 1.82) is 0 Å². The fourth-order valence-corrected chi connectivity index (χ4v) is 24.0. The average molecular weight is 1360 g/mol. The second-order valence-corrected chi connectivity index (χ2v) is 36.9. The number of hydrogen-bond acceptors (Lipinski definition) is 15. The molecule has 7 aromatic heterocycles. The van der Waals surface area contributed by atoms with Gasteiger partial charge in [-0.15, -0.1) is 11.3 Å². The Morgan fingerprint density at radius 1 is 0.465 bits per heavy atom. The van der Waals surface area contributed by atoms with E-state index in [1.807, 2.05) is 118 Å². The fraction of sp³-hybridized carbons (Fsp3) is 0.500. The molecule has 0 aliphatic carbocycles. The lowest BCUT2D eigenvalue weighted by Gasteiger charge is -2.35. The smallest absolute Gasteiger partial charge is 0.255 e. The Hall–Kier alpha value is -3.76. The lowest BCUT2D eigenvalue weighted by atomic mass is 9.80. The maximum Gasteiger partial charge on any atom is 0.255 e. The van der Waals surface area contributed by atoms with E-state index < -0.39 is 37.5 Å². The Labute approximate surface area is 543 Å². The van der Waals surface area contributed by atoms with E-state index in [-0.39, 0.29) is 49.9 Å². The Balaban J connectivity index is 0.000000130. The topological polar surface area (TPSA) is 142 Å². The highest BCUT2D eigenvalue weighted by atomic mass is 32.2. The van der Waals surface area contributed by atoms with Crippen molar-refractivity contribution >= 4 is 135 Å². The molecule has 0 aromatic carbocycles. The molecule has 2 atom stereocenters. The second kappa shape index (κ2) is 24.5. The van der Waals surface area contributed by atoms with E-state index in [0.717, 1.165) is 46.9 Å². The SMILES string of the molecule is CN1C(=O)c2cscc2C1(C)C.CN1C(C)(C)c2cscc2S1(=O)=O.CN1CC(C)(C)c2cscc2C1=O.CN1Cc2cscc2C(C)(C)C1=O.CN1Cc2cscc2C1(C)C.CN1S(=O)c2cscc2C1(C)C.CN1c2cscc2C(C)(C)S1=O. The van der Waals surface area contributed by atoms with Crippen LogP contribution in [0.5, 0.6) is 0 Å². The van der Waals surface area contributed by atoms with Gasteiger partial charge in [-0.05, 0) is 166 Å². The van der Waals surface area contributed by atoms with E-state index in [4.69, 9.17) is 0 Å². The molecule has 86 heavy (non-hydrogen) atoms. The van der Waals surface area contributed by atoms with Crippen molar-refractivity contribution in [2.24, 2.45) is 0 Å². The third kappa shape index (κ3) is 12.0. The molecule has 468 valence electrons. The standard InChI is InChI=1S/2C10H13NOS.C9H11NOS.C9H13NS.C8H11NO2S2.2C8H11NOS2/c1-10(2)6-11(3)9(12)7-4-13-5-8(7)10;1-10(2)8-6-13-5-7(8)4-11(3)9(10)12;1-9(2)7-5-12-4-6(7)8(11)10(9)3;1-9(2)8-6-11-5-7(8)4-10(9)3;1-8(2)6-4-12-5-7(6)13(10,11)9(8)3;1-8(2)6-4-11-5-7(6)12(10)9(8)3;1-8(2)6-4-11-5-7(6)9(3)12(8)10/h4-5H,6H2,1-3H3;5-6H,4H2,1-3H3;4-5H,1-3H3;5-6H,4H2,1-3H3;4-5H,1-3H3;2*4-5H,1-3H3. The van der Waals surface area contributed by atoms with Gasteiger partial charge in [0.2, 0.25) is 15.9 Å². The second-order valence-electron chi connectivity index (χ2n) is 26.3. The summed E-state index contributed by atoms with van der Waals surface area (Å²) in [6, 6.07) is 0. The van der Waals surface area contributed by atoms with Gasteiger partial charge in [0.15, 0.2) is 0 Å². The number of hydrogen-bond donors (Lipinski definition) is 0.